The lowest BCUT2D eigenvalue weighted by Crippen LogP contribution is -2.33. The van der Waals surface area contributed by atoms with E-state index in [4.69, 9.17) is 23.2 Å². The molecule has 2 N–H and O–H groups in total. The first kappa shape index (κ1) is 27.0. The molecule has 0 saturated heterocycles. The Kier molecular flexibility index (Phi) is 10.0. The maximum absolute atomic E-state index is 12.9. The Balaban J connectivity index is 1.63. The van der Waals surface area contributed by atoms with Crippen molar-refractivity contribution < 1.29 is 9.59 Å². The van der Waals surface area contributed by atoms with Gasteiger partial charge in [-0.15, -0.1) is 10.2 Å². The minimum atomic E-state index is -0.376. The Morgan fingerprint density at radius 3 is 2.46 bits per heavy atom. The summed E-state index contributed by atoms with van der Waals surface area (Å²) < 4.78 is 1.93. The van der Waals surface area contributed by atoms with Gasteiger partial charge in [0.2, 0.25) is 5.91 Å². The van der Waals surface area contributed by atoms with Crippen LogP contribution >= 0.6 is 35.0 Å². The summed E-state index contributed by atoms with van der Waals surface area (Å²) in [6.07, 6.45) is 0.779. The van der Waals surface area contributed by atoms with Gasteiger partial charge in [0.1, 0.15) is 0 Å². The van der Waals surface area contributed by atoms with Crippen LogP contribution in [-0.4, -0.2) is 38.9 Å². The number of aromatic nitrogens is 3. The predicted octanol–water partition coefficient (Wildman–Crippen LogP) is 5.18. The first-order chi connectivity index (χ1) is 16.8. The van der Waals surface area contributed by atoms with E-state index >= 15 is 0 Å². The second-order valence-electron chi connectivity index (χ2n) is 8.28. The van der Waals surface area contributed by atoms with Gasteiger partial charge in [-0.25, -0.2) is 0 Å². The Bertz CT molecular complexity index is 1150. The van der Waals surface area contributed by atoms with Gasteiger partial charge in [-0.1, -0.05) is 79.1 Å². The van der Waals surface area contributed by atoms with Crippen molar-refractivity contribution in [2.24, 2.45) is 5.92 Å². The molecular weight excluding hydrogens is 505 g/mol. The number of hydrogen-bond donors (Lipinski definition) is 2. The molecule has 35 heavy (non-hydrogen) atoms. The fourth-order valence-electron chi connectivity index (χ4n) is 3.50. The van der Waals surface area contributed by atoms with E-state index in [-0.39, 0.29) is 29.5 Å². The molecule has 2 amide bonds. The average molecular weight is 535 g/mol. The summed E-state index contributed by atoms with van der Waals surface area (Å²) in [6.45, 7) is 7.16. The lowest BCUT2D eigenvalue weighted by molar-refractivity contribution is -0.118. The third-order valence-corrected chi connectivity index (χ3v) is 7.09. The standard InChI is InChI=1S/C25H29Cl2N5O2S/c1-4-32-23(22(16(2)3)29-24(34)18-10-11-19(26)20(27)14-18)30-31-25(32)35-15-21(33)28-13-12-17-8-6-5-7-9-17/h5-11,14,16,22H,4,12-13,15H2,1-3H3,(H,28,33)(H,29,34)/t22-/m0/s1. The number of halogens is 2. The van der Waals surface area contributed by atoms with E-state index < -0.39 is 0 Å². The number of amides is 2. The van der Waals surface area contributed by atoms with Crippen LogP contribution < -0.4 is 10.6 Å². The van der Waals surface area contributed by atoms with Crippen LogP contribution in [0.1, 0.15) is 48.6 Å². The van der Waals surface area contributed by atoms with Crippen LogP contribution in [0.2, 0.25) is 10.0 Å². The molecule has 3 rings (SSSR count). The number of nitrogens with zero attached hydrogens (tertiary/aromatic N) is 3. The zero-order valence-electron chi connectivity index (χ0n) is 19.9. The van der Waals surface area contributed by atoms with Crippen molar-refractivity contribution in [1.29, 1.82) is 0 Å². The summed E-state index contributed by atoms with van der Waals surface area (Å²) >= 11 is 13.4. The summed E-state index contributed by atoms with van der Waals surface area (Å²) in [7, 11) is 0. The van der Waals surface area contributed by atoms with Gasteiger partial charge < -0.3 is 15.2 Å². The number of thioether (sulfide) groups is 1. The maximum atomic E-state index is 12.9. The van der Waals surface area contributed by atoms with Crippen molar-refractivity contribution in [2.45, 2.75) is 44.9 Å². The maximum Gasteiger partial charge on any atom is 0.251 e. The zero-order chi connectivity index (χ0) is 25.4. The molecule has 1 heterocycles. The molecule has 1 aromatic heterocycles. The fourth-order valence-corrected chi connectivity index (χ4v) is 4.63. The fraction of sp³-hybridized carbons (Fsp3) is 0.360. The van der Waals surface area contributed by atoms with Gasteiger partial charge in [0, 0.05) is 18.7 Å². The number of rotatable bonds is 11. The van der Waals surface area contributed by atoms with Gasteiger partial charge >= 0.3 is 0 Å². The smallest absolute Gasteiger partial charge is 0.251 e. The Morgan fingerprint density at radius 2 is 1.80 bits per heavy atom. The van der Waals surface area contributed by atoms with Gasteiger partial charge in [-0.3, -0.25) is 9.59 Å². The number of carbonyl (C=O) groups excluding carboxylic acids is 2. The van der Waals surface area contributed by atoms with Gasteiger partial charge in [-0.2, -0.15) is 0 Å². The normalized spacial score (nSPS) is 11.9. The monoisotopic (exact) mass is 533 g/mol. The van der Waals surface area contributed by atoms with Crippen molar-refractivity contribution in [3.8, 4) is 0 Å². The molecule has 2 aromatic carbocycles. The molecule has 0 fully saturated rings. The lowest BCUT2D eigenvalue weighted by atomic mass is 10.0. The van der Waals surface area contributed by atoms with Crippen LogP contribution in [0.4, 0.5) is 0 Å². The third-order valence-electron chi connectivity index (χ3n) is 5.39. The van der Waals surface area contributed by atoms with Crippen molar-refractivity contribution in [2.75, 3.05) is 12.3 Å². The summed E-state index contributed by atoms with van der Waals surface area (Å²) in [4.78, 5) is 25.2. The first-order valence-corrected chi connectivity index (χ1v) is 13.2. The van der Waals surface area contributed by atoms with E-state index in [0.29, 0.717) is 39.7 Å². The summed E-state index contributed by atoms with van der Waals surface area (Å²) in [6, 6.07) is 14.4. The van der Waals surface area contributed by atoms with Crippen LogP contribution in [0.5, 0.6) is 0 Å². The highest BCUT2D eigenvalue weighted by Gasteiger charge is 2.26. The minimum Gasteiger partial charge on any atom is -0.355 e. The molecule has 186 valence electrons. The van der Waals surface area contributed by atoms with Crippen molar-refractivity contribution in [3.63, 3.8) is 0 Å². The largest absolute Gasteiger partial charge is 0.355 e. The quantitative estimate of drug-likeness (QED) is 0.331. The Labute approximate surface area is 220 Å². The molecule has 0 aliphatic carbocycles. The van der Waals surface area contributed by atoms with Crippen molar-refractivity contribution in [3.05, 3.63) is 75.5 Å². The van der Waals surface area contributed by atoms with E-state index in [1.54, 1.807) is 18.2 Å². The highest BCUT2D eigenvalue weighted by Crippen LogP contribution is 2.27. The van der Waals surface area contributed by atoms with E-state index in [2.05, 4.69) is 20.8 Å². The molecule has 0 bridgehead atoms. The van der Waals surface area contributed by atoms with Gasteiger partial charge in [0.05, 0.1) is 21.8 Å². The highest BCUT2D eigenvalue weighted by atomic mass is 35.5. The number of hydrogen-bond acceptors (Lipinski definition) is 5. The zero-order valence-corrected chi connectivity index (χ0v) is 22.3. The molecule has 0 radical (unpaired) electrons. The van der Waals surface area contributed by atoms with Crippen LogP contribution in [0.3, 0.4) is 0 Å². The second-order valence-corrected chi connectivity index (χ2v) is 10.0. The molecule has 0 aliphatic rings. The molecule has 0 unspecified atom stereocenters. The molecule has 0 aliphatic heterocycles. The van der Waals surface area contributed by atoms with Gasteiger partial charge in [0.15, 0.2) is 11.0 Å². The number of nitrogens with one attached hydrogen (secondary N) is 2. The number of carbonyl (C=O) groups is 2. The average Bonchev–Trinajstić information content (AvgIpc) is 3.25. The summed E-state index contributed by atoms with van der Waals surface area (Å²) in [5.74, 6) is 0.583. The van der Waals surface area contributed by atoms with E-state index in [0.717, 1.165) is 6.42 Å². The molecule has 1 atom stereocenters. The molecule has 0 saturated carbocycles. The van der Waals surface area contributed by atoms with Gasteiger partial charge in [-0.05, 0) is 43.0 Å². The molecule has 3 aromatic rings. The lowest BCUT2D eigenvalue weighted by Gasteiger charge is -2.22. The van der Waals surface area contributed by atoms with E-state index in [1.807, 2.05) is 55.7 Å². The second kappa shape index (κ2) is 13.0. The van der Waals surface area contributed by atoms with Crippen LogP contribution in [0.25, 0.3) is 0 Å². The molecule has 7 nitrogen and oxygen atoms in total. The summed E-state index contributed by atoms with van der Waals surface area (Å²) in [5, 5.41) is 16.0. The van der Waals surface area contributed by atoms with Crippen molar-refractivity contribution in [1.82, 2.24) is 25.4 Å². The Hall–Kier alpha value is -2.55. The first-order valence-electron chi connectivity index (χ1n) is 11.4. The van der Waals surface area contributed by atoms with Crippen LogP contribution in [0, 0.1) is 5.92 Å². The Morgan fingerprint density at radius 1 is 1.06 bits per heavy atom. The molecule has 10 heteroatoms. The summed E-state index contributed by atoms with van der Waals surface area (Å²) in [5.41, 5.74) is 1.59. The topological polar surface area (TPSA) is 88.9 Å². The molecular formula is C25H29Cl2N5O2S. The highest BCUT2D eigenvalue weighted by molar-refractivity contribution is 7.99. The van der Waals surface area contributed by atoms with E-state index in [9.17, 15) is 9.59 Å². The predicted molar refractivity (Wildman–Crippen MR) is 141 cm³/mol. The van der Waals surface area contributed by atoms with Crippen molar-refractivity contribution >= 4 is 46.8 Å². The van der Waals surface area contributed by atoms with E-state index in [1.165, 1.54) is 17.3 Å². The SMILES string of the molecule is CCn1c(SCC(=O)NCCc2ccccc2)nnc1[C@@H](NC(=O)c1ccc(Cl)c(Cl)c1)C(C)C. The van der Waals surface area contributed by atoms with Crippen LogP contribution in [-0.2, 0) is 17.8 Å². The van der Waals surface area contributed by atoms with Gasteiger partial charge in [0.25, 0.3) is 5.91 Å². The third kappa shape index (κ3) is 7.46. The minimum absolute atomic E-state index is 0.0513. The molecule has 0 spiro atoms. The number of benzene rings is 2. The van der Waals surface area contributed by atoms with Crippen LogP contribution in [0.15, 0.2) is 53.7 Å².